The lowest BCUT2D eigenvalue weighted by Crippen LogP contribution is -2.51. The molecular weight excluding hydrogens is 313 g/mol. The first kappa shape index (κ1) is 14.5. The molecule has 1 heterocycles. The third-order valence-electron chi connectivity index (χ3n) is 3.29. The summed E-state index contributed by atoms with van der Waals surface area (Å²) in [4.78, 5) is 14.1. The number of ether oxygens (including phenoxy) is 1. The Labute approximate surface area is 120 Å². The maximum absolute atomic E-state index is 13.9. The number of amides is 1. The van der Waals surface area contributed by atoms with Crippen LogP contribution in [0.3, 0.4) is 0 Å². The third kappa shape index (κ3) is 3.15. The van der Waals surface area contributed by atoms with E-state index in [9.17, 15) is 9.18 Å². The summed E-state index contributed by atoms with van der Waals surface area (Å²) in [7, 11) is 0. The number of hydrogen-bond acceptors (Lipinski definition) is 2. The van der Waals surface area contributed by atoms with Crippen LogP contribution < -0.4 is 0 Å². The molecule has 104 valence electrons. The van der Waals surface area contributed by atoms with Gasteiger partial charge < -0.3 is 9.64 Å². The SMILES string of the molecule is Cc1ccc(C(=O)N2CC(CBr)OCC2C)c(F)c1. The van der Waals surface area contributed by atoms with Gasteiger partial charge in [0, 0.05) is 11.9 Å². The van der Waals surface area contributed by atoms with Crippen molar-refractivity contribution in [2.75, 3.05) is 18.5 Å². The topological polar surface area (TPSA) is 29.5 Å². The second kappa shape index (κ2) is 6.01. The first-order valence-electron chi connectivity index (χ1n) is 6.27. The molecule has 1 saturated heterocycles. The Bertz CT molecular complexity index is 481. The van der Waals surface area contributed by atoms with Gasteiger partial charge in [-0.3, -0.25) is 4.79 Å². The molecule has 2 rings (SSSR count). The lowest BCUT2D eigenvalue weighted by Gasteiger charge is -2.37. The average molecular weight is 330 g/mol. The fourth-order valence-corrected chi connectivity index (χ4v) is 2.53. The zero-order valence-electron chi connectivity index (χ0n) is 11.0. The number of carbonyl (C=O) groups is 1. The molecular formula is C14H17BrFNO2. The summed E-state index contributed by atoms with van der Waals surface area (Å²) in [5.74, 6) is -0.724. The molecule has 0 radical (unpaired) electrons. The smallest absolute Gasteiger partial charge is 0.257 e. The quantitative estimate of drug-likeness (QED) is 0.781. The number of benzene rings is 1. The van der Waals surface area contributed by atoms with Gasteiger partial charge in [-0.2, -0.15) is 0 Å². The molecule has 0 N–H and O–H groups in total. The van der Waals surface area contributed by atoms with Crippen molar-refractivity contribution in [2.24, 2.45) is 0 Å². The highest BCUT2D eigenvalue weighted by atomic mass is 79.9. The van der Waals surface area contributed by atoms with Crippen molar-refractivity contribution < 1.29 is 13.9 Å². The number of rotatable bonds is 2. The maximum atomic E-state index is 13.9. The minimum Gasteiger partial charge on any atom is -0.373 e. The van der Waals surface area contributed by atoms with Gasteiger partial charge in [-0.15, -0.1) is 0 Å². The molecule has 2 unspecified atom stereocenters. The summed E-state index contributed by atoms with van der Waals surface area (Å²) in [5.41, 5.74) is 0.940. The Balaban J connectivity index is 2.22. The molecule has 3 nitrogen and oxygen atoms in total. The number of alkyl halides is 1. The van der Waals surface area contributed by atoms with Gasteiger partial charge in [0.05, 0.1) is 24.3 Å². The normalized spacial score (nSPS) is 23.5. The van der Waals surface area contributed by atoms with Crippen molar-refractivity contribution in [3.05, 3.63) is 35.1 Å². The third-order valence-corrected chi connectivity index (χ3v) is 4.02. The van der Waals surface area contributed by atoms with E-state index in [1.807, 2.05) is 6.92 Å². The highest BCUT2D eigenvalue weighted by Gasteiger charge is 2.30. The van der Waals surface area contributed by atoms with Crippen molar-refractivity contribution in [3.63, 3.8) is 0 Å². The molecule has 1 fully saturated rings. The number of halogens is 2. The van der Waals surface area contributed by atoms with E-state index < -0.39 is 5.82 Å². The summed E-state index contributed by atoms with van der Waals surface area (Å²) in [5, 5.41) is 0.667. The van der Waals surface area contributed by atoms with Crippen LogP contribution in [0.2, 0.25) is 0 Å². The zero-order valence-corrected chi connectivity index (χ0v) is 12.6. The first-order valence-corrected chi connectivity index (χ1v) is 7.39. The monoisotopic (exact) mass is 329 g/mol. The van der Waals surface area contributed by atoms with Gasteiger partial charge in [0.2, 0.25) is 0 Å². The van der Waals surface area contributed by atoms with Crippen molar-refractivity contribution >= 4 is 21.8 Å². The van der Waals surface area contributed by atoms with E-state index in [1.165, 1.54) is 6.07 Å². The molecule has 0 saturated carbocycles. The standard InChI is InChI=1S/C14H17BrFNO2/c1-9-3-4-12(13(16)5-9)14(18)17-7-11(6-15)19-8-10(17)2/h3-5,10-11H,6-8H2,1-2H3. The van der Waals surface area contributed by atoms with Crippen LogP contribution in [0.5, 0.6) is 0 Å². The second-order valence-electron chi connectivity index (χ2n) is 4.90. The van der Waals surface area contributed by atoms with Gasteiger partial charge in [0.1, 0.15) is 5.82 Å². The van der Waals surface area contributed by atoms with Gasteiger partial charge in [0.25, 0.3) is 5.91 Å². The van der Waals surface area contributed by atoms with Gasteiger partial charge >= 0.3 is 0 Å². The van der Waals surface area contributed by atoms with E-state index in [0.29, 0.717) is 18.5 Å². The Morgan fingerprint density at radius 1 is 1.58 bits per heavy atom. The first-order chi connectivity index (χ1) is 9.02. The molecule has 0 bridgehead atoms. The van der Waals surface area contributed by atoms with Crippen molar-refractivity contribution in [1.29, 1.82) is 0 Å². The Hall–Kier alpha value is -0.940. The van der Waals surface area contributed by atoms with Crippen LogP contribution in [-0.4, -0.2) is 41.4 Å². The fourth-order valence-electron chi connectivity index (χ4n) is 2.14. The van der Waals surface area contributed by atoms with E-state index in [2.05, 4.69) is 15.9 Å². The summed E-state index contributed by atoms with van der Waals surface area (Å²) in [6, 6.07) is 4.66. The Morgan fingerprint density at radius 3 is 2.95 bits per heavy atom. The molecule has 1 aromatic rings. The second-order valence-corrected chi connectivity index (χ2v) is 5.55. The minimum atomic E-state index is -0.459. The van der Waals surface area contributed by atoms with E-state index in [4.69, 9.17) is 4.74 Å². The molecule has 1 amide bonds. The van der Waals surface area contributed by atoms with Crippen LogP contribution in [-0.2, 0) is 4.74 Å². The van der Waals surface area contributed by atoms with Crippen LogP contribution in [0.25, 0.3) is 0 Å². The van der Waals surface area contributed by atoms with Crippen molar-refractivity contribution in [1.82, 2.24) is 4.90 Å². The largest absolute Gasteiger partial charge is 0.373 e. The van der Waals surface area contributed by atoms with Crippen molar-refractivity contribution in [2.45, 2.75) is 26.0 Å². The Kier molecular flexibility index (Phi) is 4.58. The zero-order chi connectivity index (χ0) is 14.0. The summed E-state index contributed by atoms with van der Waals surface area (Å²) < 4.78 is 19.4. The molecule has 5 heteroatoms. The van der Waals surface area contributed by atoms with Gasteiger partial charge in [-0.25, -0.2) is 4.39 Å². The number of carbonyl (C=O) groups excluding carboxylic acids is 1. The predicted octanol–water partition coefficient (Wildman–Crippen LogP) is 2.76. The molecule has 19 heavy (non-hydrogen) atoms. The van der Waals surface area contributed by atoms with Gasteiger partial charge in [-0.05, 0) is 31.5 Å². The average Bonchev–Trinajstić information content (AvgIpc) is 2.38. The number of morpholine rings is 1. The van der Waals surface area contributed by atoms with Crippen LogP contribution in [0.1, 0.15) is 22.8 Å². The van der Waals surface area contributed by atoms with E-state index in [-0.39, 0.29) is 23.6 Å². The minimum absolute atomic E-state index is 0.0336. The number of hydrogen-bond donors (Lipinski definition) is 0. The molecule has 0 aromatic heterocycles. The molecule has 0 aliphatic carbocycles. The van der Waals surface area contributed by atoms with Crippen LogP contribution >= 0.6 is 15.9 Å². The van der Waals surface area contributed by atoms with Crippen LogP contribution in [0.15, 0.2) is 18.2 Å². The number of nitrogens with zero attached hydrogens (tertiary/aromatic N) is 1. The summed E-state index contributed by atoms with van der Waals surface area (Å²) >= 11 is 3.35. The summed E-state index contributed by atoms with van der Waals surface area (Å²) in [6.07, 6.45) is -0.0336. The lowest BCUT2D eigenvalue weighted by molar-refractivity contribution is -0.0363. The van der Waals surface area contributed by atoms with E-state index in [0.717, 1.165) is 5.56 Å². The highest BCUT2D eigenvalue weighted by molar-refractivity contribution is 9.09. The fraction of sp³-hybridized carbons (Fsp3) is 0.500. The predicted molar refractivity (Wildman–Crippen MR) is 75.2 cm³/mol. The van der Waals surface area contributed by atoms with Gasteiger partial charge in [0.15, 0.2) is 0 Å². The highest BCUT2D eigenvalue weighted by Crippen LogP contribution is 2.19. The van der Waals surface area contributed by atoms with Crippen molar-refractivity contribution in [3.8, 4) is 0 Å². The molecule has 0 spiro atoms. The van der Waals surface area contributed by atoms with Gasteiger partial charge in [-0.1, -0.05) is 22.0 Å². The molecule has 1 aromatic carbocycles. The summed E-state index contributed by atoms with van der Waals surface area (Å²) in [6.45, 7) is 4.68. The number of aryl methyl sites for hydroxylation is 1. The lowest BCUT2D eigenvalue weighted by atomic mass is 10.1. The van der Waals surface area contributed by atoms with Crippen LogP contribution in [0, 0.1) is 12.7 Å². The maximum Gasteiger partial charge on any atom is 0.257 e. The van der Waals surface area contributed by atoms with E-state index in [1.54, 1.807) is 24.0 Å². The Morgan fingerprint density at radius 2 is 2.32 bits per heavy atom. The molecule has 2 atom stereocenters. The van der Waals surface area contributed by atoms with Crippen LogP contribution in [0.4, 0.5) is 4.39 Å². The molecule has 1 aliphatic heterocycles. The molecule has 1 aliphatic rings. The van der Waals surface area contributed by atoms with E-state index >= 15 is 0 Å².